The van der Waals surface area contributed by atoms with Crippen molar-refractivity contribution in [3.63, 3.8) is 0 Å². The number of imidazole rings is 1. The molecule has 1 fully saturated rings. The lowest BCUT2D eigenvalue weighted by Crippen LogP contribution is -2.30. The van der Waals surface area contributed by atoms with Gasteiger partial charge in [-0.3, -0.25) is 9.59 Å². The summed E-state index contributed by atoms with van der Waals surface area (Å²) in [7, 11) is 4.02. The lowest BCUT2D eigenvalue weighted by atomic mass is 10.1. The molecule has 1 saturated heterocycles. The van der Waals surface area contributed by atoms with Crippen LogP contribution in [-0.2, 0) is 11.3 Å². The number of amides is 2. The van der Waals surface area contributed by atoms with Gasteiger partial charge in [0.2, 0.25) is 5.91 Å². The largest absolute Gasteiger partial charge is 0.351 e. The number of carbonyl (C=O) groups is 2. The van der Waals surface area contributed by atoms with Crippen molar-refractivity contribution in [1.29, 1.82) is 0 Å². The first-order chi connectivity index (χ1) is 14.9. The predicted molar refractivity (Wildman–Crippen MR) is 123 cm³/mol. The molecule has 4 rings (SSSR count). The number of thiophene rings is 1. The standard InChI is InChI=1S/C22H24ClN5O2S/c1-26(2)14-20-24-9-10-27(20)16-3-5-17(6-4-16)28-13-15(11-21(28)29)12-25-22(30)18-7-8-19(23)31-18/h3-10,15H,11-14H2,1-2H3,(H,25,30). The molecule has 1 aromatic carbocycles. The molecule has 2 aromatic heterocycles. The number of carbonyl (C=O) groups excluding carboxylic acids is 2. The number of benzene rings is 1. The van der Waals surface area contributed by atoms with Gasteiger partial charge in [0.25, 0.3) is 5.91 Å². The van der Waals surface area contributed by atoms with Gasteiger partial charge in [-0.05, 0) is 50.5 Å². The second-order valence-corrected chi connectivity index (χ2v) is 9.57. The predicted octanol–water partition coefficient (Wildman–Crippen LogP) is 3.43. The van der Waals surface area contributed by atoms with Crippen LogP contribution in [0.2, 0.25) is 4.34 Å². The van der Waals surface area contributed by atoms with Gasteiger partial charge < -0.3 is 19.7 Å². The summed E-state index contributed by atoms with van der Waals surface area (Å²) in [5, 5.41) is 2.92. The molecule has 0 radical (unpaired) electrons. The number of halogens is 1. The molecule has 2 amide bonds. The molecule has 0 spiro atoms. The van der Waals surface area contributed by atoms with Crippen molar-refractivity contribution in [2.24, 2.45) is 5.92 Å². The molecule has 3 aromatic rings. The summed E-state index contributed by atoms with van der Waals surface area (Å²) < 4.78 is 2.63. The SMILES string of the molecule is CN(C)Cc1nccn1-c1ccc(N2CC(CNC(=O)c3ccc(Cl)s3)CC2=O)cc1. The average molecular weight is 458 g/mol. The van der Waals surface area contributed by atoms with E-state index in [4.69, 9.17) is 11.6 Å². The first-order valence-corrected chi connectivity index (χ1v) is 11.2. The molecular weight excluding hydrogens is 434 g/mol. The molecule has 1 atom stereocenters. The molecule has 7 nitrogen and oxygen atoms in total. The summed E-state index contributed by atoms with van der Waals surface area (Å²) in [4.78, 5) is 33.7. The molecule has 0 bridgehead atoms. The van der Waals surface area contributed by atoms with Crippen LogP contribution in [0.4, 0.5) is 5.69 Å². The van der Waals surface area contributed by atoms with Gasteiger partial charge in [-0.25, -0.2) is 4.98 Å². The summed E-state index contributed by atoms with van der Waals surface area (Å²) in [6.07, 6.45) is 4.15. The third-order valence-corrected chi connectivity index (χ3v) is 6.40. The van der Waals surface area contributed by atoms with Crippen LogP contribution >= 0.6 is 22.9 Å². The molecule has 162 valence electrons. The van der Waals surface area contributed by atoms with Crippen LogP contribution in [0.25, 0.3) is 5.69 Å². The first kappa shape index (κ1) is 21.5. The van der Waals surface area contributed by atoms with E-state index in [0.29, 0.717) is 28.7 Å². The quantitative estimate of drug-likeness (QED) is 0.590. The van der Waals surface area contributed by atoms with Crippen molar-refractivity contribution in [1.82, 2.24) is 19.8 Å². The molecule has 31 heavy (non-hydrogen) atoms. The van der Waals surface area contributed by atoms with E-state index in [1.165, 1.54) is 11.3 Å². The number of anilines is 1. The van der Waals surface area contributed by atoms with E-state index in [9.17, 15) is 9.59 Å². The van der Waals surface area contributed by atoms with Crippen LogP contribution in [0.15, 0.2) is 48.8 Å². The maximum atomic E-state index is 12.6. The van der Waals surface area contributed by atoms with Crippen LogP contribution in [0, 0.1) is 5.92 Å². The first-order valence-electron chi connectivity index (χ1n) is 10.0. The van der Waals surface area contributed by atoms with Gasteiger partial charge in [-0.1, -0.05) is 11.6 Å². The molecule has 1 unspecified atom stereocenters. The molecule has 3 heterocycles. The Hall–Kier alpha value is -2.68. The van der Waals surface area contributed by atoms with Gasteiger partial charge in [0.1, 0.15) is 5.82 Å². The summed E-state index contributed by atoms with van der Waals surface area (Å²) in [6, 6.07) is 11.3. The Morgan fingerprint density at radius 1 is 1.23 bits per heavy atom. The van der Waals surface area contributed by atoms with Crippen LogP contribution in [0.3, 0.4) is 0 Å². The van der Waals surface area contributed by atoms with Gasteiger partial charge in [-0.2, -0.15) is 0 Å². The number of rotatable bonds is 7. The molecule has 9 heteroatoms. The Kier molecular flexibility index (Phi) is 6.41. The second kappa shape index (κ2) is 9.21. The summed E-state index contributed by atoms with van der Waals surface area (Å²) >= 11 is 7.14. The van der Waals surface area contributed by atoms with Gasteiger partial charge in [0, 0.05) is 49.2 Å². The fourth-order valence-corrected chi connectivity index (χ4v) is 4.65. The van der Waals surface area contributed by atoms with Crippen molar-refractivity contribution < 1.29 is 9.59 Å². The lowest BCUT2D eigenvalue weighted by molar-refractivity contribution is -0.117. The minimum atomic E-state index is -0.152. The summed E-state index contributed by atoms with van der Waals surface area (Å²) in [6.45, 7) is 1.78. The van der Waals surface area contributed by atoms with E-state index >= 15 is 0 Å². The fourth-order valence-electron chi connectivity index (χ4n) is 3.69. The third-order valence-electron chi connectivity index (χ3n) is 5.17. The van der Waals surface area contributed by atoms with Crippen molar-refractivity contribution in [2.45, 2.75) is 13.0 Å². The van der Waals surface area contributed by atoms with E-state index < -0.39 is 0 Å². The highest BCUT2D eigenvalue weighted by atomic mass is 35.5. The zero-order chi connectivity index (χ0) is 22.0. The van der Waals surface area contributed by atoms with Gasteiger partial charge >= 0.3 is 0 Å². The Bertz CT molecular complexity index is 1080. The molecule has 0 saturated carbocycles. The summed E-state index contributed by atoms with van der Waals surface area (Å²) in [5.41, 5.74) is 1.87. The number of hydrogen-bond acceptors (Lipinski definition) is 5. The number of nitrogens with zero attached hydrogens (tertiary/aromatic N) is 4. The highest BCUT2D eigenvalue weighted by Crippen LogP contribution is 2.26. The molecule has 1 aliphatic rings. The zero-order valence-electron chi connectivity index (χ0n) is 17.4. The highest BCUT2D eigenvalue weighted by Gasteiger charge is 2.31. The molecular formula is C22H24ClN5O2S. The molecule has 0 aliphatic carbocycles. The van der Waals surface area contributed by atoms with Gasteiger partial charge in [0.15, 0.2) is 0 Å². The molecule has 1 N–H and O–H groups in total. The van der Waals surface area contributed by atoms with E-state index in [2.05, 4.69) is 15.2 Å². The zero-order valence-corrected chi connectivity index (χ0v) is 19.0. The topological polar surface area (TPSA) is 70.5 Å². The Labute approximate surface area is 190 Å². The average Bonchev–Trinajstić information content (AvgIpc) is 3.46. The Morgan fingerprint density at radius 3 is 2.65 bits per heavy atom. The van der Waals surface area contributed by atoms with E-state index in [0.717, 1.165) is 23.7 Å². The van der Waals surface area contributed by atoms with Crippen LogP contribution < -0.4 is 10.2 Å². The van der Waals surface area contributed by atoms with Crippen molar-refractivity contribution in [3.8, 4) is 5.69 Å². The number of nitrogens with one attached hydrogen (secondary N) is 1. The van der Waals surface area contributed by atoms with Crippen molar-refractivity contribution in [3.05, 3.63) is 63.8 Å². The van der Waals surface area contributed by atoms with Crippen LogP contribution in [-0.4, -0.2) is 53.5 Å². The normalized spacial score (nSPS) is 16.3. The Balaban J connectivity index is 1.38. The van der Waals surface area contributed by atoms with Crippen molar-refractivity contribution in [2.75, 3.05) is 32.1 Å². The van der Waals surface area contributed by atoms with Gasteiger partial charge in [-0.15, -0.1) is 11.3 Å². The van der Waals surface area contributed by atoms with E-state index in [1.807, 2.05) is 49.1 Å². The maximum absolute atomic E-state index is 12.6. The Morgan fingerprint density at radius 2 is 1.97 bits per heavy atom. The smallest absolute Gasteiger partial charge is 0.261 e. The minimum absolute atomic E-state index is 0.0714. The van der Waals surface area contributed by atoms with E-state index in [-0.39, 0.29) is 17.7 Å². The van der Waals surface area contributed by atoms with Crippen molar-refractivity contribution >= 4 is 40.4 Å². The fraction of sp³-hybridized carbons (Fsp3) is 0.318. The number of aromatic nitrogens is 2. The van der Waals surface area contributed by atoms with Crippen LogP contribution in [0.1, 0.15) is 21.9 Å². The highest BCUT2D eigenvalue weighted by molar-refractivity contribution is 7.18. The van der Waals surface area contributed by atoms with E-state index in [1.54, 1.807) is 23.2 Å². The summed E-state index contributed by atoms with van der Waals surface area (Å²) in [5.74, 6) is 0.952. The second-order valence-electron chi connectivity index (χ2n) is 7.86. The maximum Gasteiger partial charge on any atom is 0.261 e. The third kappa shape index (κ3) is 4.98. The monoisotopic (exact) mass is 457 g/mol. The minimum Gasteiger partial charge on any atom is -0.351 e. The van der Waals surface area contributed by atoms with Crippen LogP contribution in [0.5, 0.6) is 0 Å². The van der Waals surface area contributed by atoms with Gasteiger partial charge in [0.05, 0.1) is 15.8 Å². The molecule has 1 aliphatic heterocycles. The number of hydrogen-bond donors (Lipinski definition) is 1. The lowest BCUT2D eigenvalue weighted by Gasteiger charge is -2.18.